The second kappa shape index (κ2) is 8.32. The number of hydrogen-bond acceptors (Lipinski definition) is 3. The number of hydrogen-bond donors (Lipinski definition) is 1. The molecule has 0 spiro atoms. The Kier molecular flexibility index (Phi) is 5.89. The fourth-order valence-corrected chi connectivity index (χ4v) is 3.21. The summed E-state index contributed by atoms with van der Waals surface area (Å²) in [6, 6.07) is 10.7. The number of fused-ring (bicyclic) bond motifs is 1. The second-order valence-corrected chi connectivity index (χ2v) is 6.78. The van der Waals surface area contributed by atoms with E-state index in [1.54, 1.807) is 23.1 Å². The Hall–Kier alpha value is -2.40. The highest BCUT2D eigenvalue weighted by Gasteiger charge is 2.24. The standard InChI is InChI=1S/C20H22ClN3O2/c1-2-3-11-22-19(25)18-9-8-14-13-24(12-10-17(14)23-18)20(26)15-6-4-5-7-16(15)21/h4-9H,2-3,10-13H2,1H3,(H,22,25). The van der Waals surface area contributed by atoms with E-state index in [2.05, 4.69) is 17.2 Å². The first kappa shape index (κ1) is 18.4. The molecule has 2 aromatic rings. The zero-order chi connectivity index (χ0) is 18.5. The molecule has 0 aliphatic carbocycles. The lowest BCUT2D eigenvalue weighted by atomic mass is 10.0. The third-order valence-corrected chi connectivity index (χ3v) is 4.82. The molecule has 0 fully saturated rings. The molecular formula is C20H22ClN3O2. The summed E-state index contributed by atoms with van der Waals surface area (Å²) < 4.78 is 0. The zero-order valence-corrected chi connectivity index (χ0v) is 15.6. The van der Waals surface area contributed by atoms with Gasteiger partial charge < -0.3 is 10.2 Å². The first-order valence-electron chi connectivity index (χ1n) is 8.91. The van der Waals surface area contributed by atoms with Crippen molar-refractivity contribution in [3.05, 3.63) is 63.9 Å². The van der Waals surface area contributed by atoms with E-state index in [0.29, 0.717) is 42.3 Å². The summed E-state index contributed by atoms with van der Waals surface area (Å²) in [7, 11) is 0. The molecule has 5 nitrogen and oxygen atoms in total. The van der Waals surface area contributed by atoms with Gasteiger partial charge in [-0.15, -0.1) is 0 Å². The Morgan fingerprint density at radius 1 is 1.23 bits per heavy atom. The molecule has 0 radical (unpaired) electrons. The summed E-state index contributed by atoms with van der Waals surface area (Å²) in [6.07, 6.45) is 2.62. The van der Waals surface area contributed by atoms with Crippen molar-refractivity contribution in [2.45, 2.75) is 32.7 Å². The molecule has 0 atom stereocenters. The van der Waals surface area contributed by atoms with Crippen molar-refractivity contribution in [2.24, 2.45) is 0 Å². The molecular weight excluding hydrogens is 350 g/mol. The maximum atomic E-state index is 12.7. The van der Waals surface area contributed by atoms with E-state index in [4.69, 9.17) is 11.6 Å². The Morgan fingerprint density at radius 2 is 2.04 bits per heavy atom. The fraction of sp³-hybridized carbons (Fsp3) is 0.350. The van der Waals surface area contributed by atoms with Crippen molar-refractivity contribution in [1.82, 2.24) is 15.2 Å². The smallest absolute Gasteiger partial charge is 0.269 e. The first-order chi connectivity index (χ1) is 12.6. The molecule has 26 heavy (non-hydrogen) atoms. The van der Waals surface area contributed by atoms with Gasteiger partial charge in [0.1, 0.15) is 5.69 Å². The van der Waals surface area contributed by atoms with Crippen LogP contribution in [-0.2, 0) is 13.0 Å². The largest absolute Gasteiger partial charge is 0.351 e. The monoisotopic (exact) mass is 371 g/mol. The number of carbonyl (C=O) groups excluding carboxylic acids is 2. The number of halogens is 1. The van der Waals surface area contributed by atoms with Crippen molar-refractivity contribution >= 4 is 23.4 Å². The van der Waals surface area contributed by atoms with Gasteiger partial charge in [-0.1, -0.05) is 43.1 Å². The molecule has 0 saturated carbocycles. The molecule has 136 valence electrons. The van der Waals surface area contributed by atoms with Crippen LogP contribution >= 0.6 is 11.6 Å². The van der Waals surface area contributed by atoms with Crippen molar-refractivity contribution in [2.75, 3.05) is 13.1 Å². The topological polar surface area (TPSA) is 62.3 Å². The predicted molar refractivity (Wildman–Crippen MR) is 101 cm³/mol. The van der Waals surface area contributed by atoms with E-state index in [1.807, 2.05) is 18.2 Å². The highest BCUT2D eigenvalue weighted by molar-refractivity contribution is 6.33. The van der Waals surface area contributed by atoms with E-state index in [9.17, 15) is 9.59 Å². The predicted octanol–water partition coefficient (Wildman–Crippen LogP) is 3.46. The Morgan fingerprint density at radius 3 is 2.81 bits per heavy atom. The number of amides is 2. The van der Waals surface area contributed by atoms with Gasteiger partial charge in [0.2, 0.25) is 0 Å². The third kappa shape index (κ3) is 4.05. The van der Waals surface area contributed by atoms with Gasteiger partial charge in [-0.25, -0.2) is 4.98 Å². The van der Waals surface area contributed by atoms with Crippen molar-refractivity contribution in [3.63, 3.8) is 0 Å². The lowest BCUT2D eigenvalue weighted by Gasteiger charge is -2.28. The maximum Gasteiger partial charge on any atom is 0.269 e. The lowest BCUT2D eigenvalue weighted by molar-refractivity contribution is 0.0732. The van der Waals surface area contributed by atoms with Crippen molar-refractivity contribution in [3.8, 4) is 0 Å². The van der Waals surface area contributed by atoms with Gasteiger partial charge in [-0.05, 0) is 30.2 Å². The molecule has 6 heteroatoms. The van der Waals surface area contributed by atoms with Gasteiger partial charge in [-0.3, -0.25) is 9.59 Å². The number of carbonyl (C=O) groups is 2. The van der Waals surface area contributed by atoms with Gasteiger partial charge in [0.25, 0.3) is 11.8 Å². The molecule has 3 rings (SSSR count). The Bertz CT molecular complexity index is 822. The van der Waals surface area contributed by atoms with Crippen LogP contribution in [0, 0.1) is 0 Å². The Labute approximate surface area is 158 Å². The molecule has 2 amide bonds. The van der Waals surface area contributed by atoms with Crippen LogP contribution in [0.5, 0.6) is 0 Å². The minimum absolute atomic E-state index is 0.0809. The molecule has 2 heterocycles. The van der Waals surface area contributed by atoms with Crippen LogP contribution in [-0.4, -0.2) is 34.8 Å². The number of unbranched alkanes of at least 4 members (excludes halogenated alkanes) is 1. The van der Waals surface area contributed by atoms with E-state index >= 15 is 0 Å². The molecule has 1 aromatic carbocycles. The maximum absolute atomic E-state index is 12.7. The minimum Gasteiger partial charge on any atom is -0.351 e. The summed E-state index contributed by atoms with van der Waals surface area (Å²) in [5, 5.41) is 3.34. The Balaban J connectivity index is 1.71. The van der Waals surface area contributed by atoms with E-state index in [1.165, 1.54) is 0 Å². The SMILES string of the molecule is CCCCNC(=O)c1ccc2c(n1)CCN(C(=O)c1ccccc1Cl)C2. The molecule has 0 saturated heterocycles. The number of rotatable bonds is 5. The van der Waals surface area contributed by atoms with E-state index in [0.717, 1.165) is 24.1 Å². The summed E-state index contributed by atoms with van der Waals surface area (Å²) in [6.45, 7) is 3.78. The van der Waals surface area contributed by atoms with Crippen LogP contribution < -0.4 is 5.32 Å². The zero-order valence-electron chi connectivity index (χ0n) is 14.8. The number of nitrogens with zero attached hydrogens (tertiary/aromatic N) is 2. The van der Waals surface area contributed by atoms with Gasteiger partial charge in [0, 0.05) is 31.7 Å². The summed E-state index contributed by atoms with van der Waals surface area (Å²) in [4.78, 5) is 31.1. The molecule has 1 N–H and O–H groups in total. The van der Waals surface area contributed by atoms with Crippen LogP contribution in [0.4, 0.5) is 0 Å². The number of nitrogens with one attached hydrogen (secondary N) is 1. The summed E-state index contributed by atoms with van der Waals surface area (Å²) >= 11 is 6.14. The number of benzene rings is 1. The molecule has 1 aliphatic heterocycles. The quantitative estimate of drug-likeness (QED) is 0.818. The van der Waals surface area contributed by atoms with Crippen LogP contribution in [0.15, 0.2) is 36.4 Å². The van der Waals surface area contributed by atoms with Gasteiger partial charge in [0.15, 0.2) is 0 Å². The van der Waals surface area contributed by atoms with Gasteiger partial charge in [0.05, 0.1) is 10.6 Å². The van der Waals surface area contributed by atoms with Crippen LogP contribution in [0.1, 0.15) is 51.9 Å². The second-order valence-electron chi connectivity index (χ2n) is 6.37. The van der Waals surface area contributed by atoms with E-state index < -0.39 is 0 Å². The minimum atomic E-state index is -0.143. The summed E-state index contributed by atoms with van der Waals surface area (Å²) in [5.41, 5.74) is 2.81. The van der Waals surface area contributed by atoms with Crippen LogP contribution in [0.2, 0.25) is 5.02 Å². The molecule has 0 unspecified atom stereocenters. The first-order valence-corrected chi connectivity index (χ1v) is 9.28. The average Bonchev–Trinajstić information content (AvgIpc) is 2.67. The number of pyridine rings is 1. The lowest BCUT2D eigenvalue weighted by Crippen LogP contribution is -2.37. The van der Waals surface area contributed by atoms with Crippen LogP contribution in [0.25, 0.3) is 0 Å². The van der Waals surface area contributed by atoms with Crippen LogP contribution in [0.3, 0.4) is 0 Å². The third-order valence-electron chi connectivity index (χ3n) is 4.49. The van der Waals surface area contributed by atoms with Crippen molar-refractivity contribution in [1.29, 1.82) is 0 Å². The highest BCUT2D eigenvalue weighted by atomic mass is 35.5. The molecule has 0 bridgehead atoms. The highest BCUT2D eigenvalue weighted by Crippen LogP contribution is 2.22. The van der Waals surface area contributed by atoms with Gasteiger partial charge in [-0.2, -0.15) is 0 Å². The fourth-order valence-electron chi connectivity index (χ4n) is 2.99. The molecule has 1 aliphatic rings. The van der Waals surface area contributed by atoms with E-state index in [-0.39, 0.29) is 11.8 Å². The van der Waals surface area contributed by atoms with Crippen molar-refractivity contribution < 1.29 is 9.59 Å². The summed E-state index contributed by atoms with van der Waals surface area (Å²) in [5.74, 6) is -0.224. The molecule has 1 aromatic heterocycles. The number of aromatic nitrogens is 1. The van der Waals surface area contributed by atoms with Gasteiger partial charge >= 0.3 is 0 Å². The average molecular weight is 372 g/mol. The normalized spacial score (nSPS) is 13.2.